The highest BCUT2D eigenvalue weighted by molar-refractivity contribution is 5.91. The van der Waals surface area contributed by atoms with E-state index in [1.165, 1.54) is 0 Å². The number of rotatable bonds is 8. The van der Waals surface area contributed by atoms with E-state index in [9.17, 15) is 25.2 Å². The average molecular weight is 397 g/mol. The van der Waals surface area contributed by atoms with Crippen molar-refractivity contribution >= 4 is 16.9 Å². The predicted octanol–water partition coefficient (Wildman–Crippen LogP) is -1.23. The minimum atomic E-state index is -2.40. The second-order valence-electron chi connectivity index (χ2n) is 6.46. The lowest BCUT2D eigenvalue weighted by molar-refractivity contribution is -0.246. The number of hydrogen-bond acceptors (Lipinski definition) is 9. The van der Waals surface area contributed by atoms with Gasteiger partial charge in [0.25, 0.3) is 0 Å². The van der Waals surface area contributed by atoms with Gasteiger partial charge in [-0.1, -0.05) is 12.1 Å². The summed E-state index contributed by atoms with van der Waals surface area (Å²) in [6, 6.07) is 6.94. The Labute approximate surface area is 159 Å². The highest BCUT2D eigenvalue weighted by Crippen LogP contribution is 2.35. The van der Waals surface area contributed by atoms with E-state index in [0.29, 0.717) is 10.9 Å². The molecule has 2 heterocycles. The third-order valence-electron chi connectivity index (χ3n) is 4.57. The van der Waals surface area contributed by atoms with Gasteiger partial charge in [-0.05, 0) is 18.6 Å². The molecule has 154 valence electrons. The number of para-hydroxylation sites is 1. The van der Waals surface area contributed by atoms with E-state index in [1.54, 1.807) is 24.3 Å². The van der Waals surface area contributed by atoms with Crippen molar-refractivity contribution in [1.29, 1.82) is 0 Å². The lowest BCUT2D eigenvalue weighted by Crippen LogP contribution is -2.47. The van der Waals surface area contributed by atoms with Crippen molar-refractivity contribution in [2.24, 2.45) is 0 Å². The quantitative estimate of drug-likeness (QED) is 0.237. The number of esters is 1. The topological polar surface area (TPSA) is 162 Å². The zero-order valence-electron chi connectivity index (χ0n) is 14.9. The monoisotopic (exact) mass is 397 g/mol. The van der Waals surface area contributed by atoms with Crippen molar-refractivity contribution < 1.29 is 44.5 Å². The molecule has 28 heavy (non-hydrogen) atoms. The maximum absolute atomic E-state index is 12.7. The van der Waals surface area contributed by atoms with Gasteiger partial charge in [0.1, 0.15) is 12.2 Å². The number of nitrogens with one attached hydrogen (secondary N) is 1. The second kappa shape index (κ2) is 8.53. The van der Waals surface area contributed by atoms with E-state index in [0.717, 1.165) is 0 Å². The summed E-state index contributed by atoms with van der Waals surface area (Å²) in [4.78, 5) is 15.7. The molecule has 0 unspecified atom stereocenters. The maximum atomic E-state index is 12.7. The van der Waals surface area contributed by atoms with Gasteiger partial charge in [-0.2, -0.15) is 0 Å². The standard InChI is InChI=1S/C18H23NO9/c20-6-3-7-26-14-15(28-18(25,9-22)16(14)23)17(24)27-13-10-4-1-2-5-11(10)19-12(13)8-21/h1-2,4-5,14-16,19-23,25H,3,6-9H2/t14-,15+,16+,18-/m0/s1. The highest BCUT2D eigenvalue weighted by Gasteiger charge is 2.57. The summed E-state index contributed by atoms with van der Waals surface area (Å²) in [7, 11) is 0. The number of benzene rings is 1. The van der Waals surface area contributed by atoms with Crippen molar-refractivity contribution in [2.45, 2.75) is 37.1 Å². The molecule has 4 atom stereocenters. The maximum Gasteiger partial charge on any atom is 0.343 e. The molecule has 1 saturated heterocycles. The molecule has 3 rings (SSSR count). The Morgan fingerprint density at radius 2 is 2.00 bits per heavy atom. The number of hydrogen-bond donors (Lipinski definition) is 6. The molecular weight excluding hydrogens is 374 g/mol. The third-order valence-corrected chi connectivity index (χ3v) is 4.57. The first-order valence-electron chi connectivity index (χ1n) is 8.79. The molecule has 1 aromatic carbocycles. The summed E-state index contributed by atoms with van der Waals surface area (Å²) in [6.07, 6.45) is -4.33. The zero-order chi connectivity index (χ0) is 20.3. The number of aliphatic hydroxyl groups excluding tert-OH is 4. The van der Waals surface area contributed by atoms with E-state index >= 15 is 0 Å². The molecule has 10 nitrogen and oxygen atoms in total. The predicted molar refractivity (Wildman–Crippen MR) is 94.2 cm³/mol. The summed E-state index contributed by atoms with van der Waals surface area (Å²) < 4.78 is 16.0. The Morgan fingerprint density at radius 1 is 1.25 bits per heavy atom. The smallest absolute Gasteiger partial charge is 0.343 e. The largest absolute Gasteiger partial charge is 0.422 e. The molecule has 0 radical (unpaired) electrons. The lowest BCUT2D eigenvalue weighted by Gasteiger charge is -2.23. The van der Waals surface area contributed by atoms with Gasteiger partial charge in [0.05, 0.1) is 18.9 Å². The van der Waals surface area contributed by atoms with Crippen LogP contribution in [0.2, 0.25) is 0 Å². The average Bonchev–Trinajstić information content (AvgIpc) is 3.18. The SMILES string of the molecule is O=C(Oc1c(CO)[nH]c2ccccc12)[C@@H]1O[C@@](O)(CO)[C@H](O)[C@H]1OCCCO. The van der Waals surface area contributed by atoms with Crippen molar-refractivity contribution in [3.05, 3.63) is 30.0 Å². The Balaban J connectivity index is 1.85. The molecule has 6 N–H and O–H groups in total. The molecule has 2 aromatic rings. The van der Waals surface area contributed by atoms with E-state index in [1.807, 2.05) is 0 Å². The number of ether oxygens (including phenoxy) is 3. The third kappa shape index (κ3) is 3.76. The van der Waals surface area contributed by atoms with Gasteiger partial charge in [-0.3, -0.25) is 0 Å². The molecule has 0 saturated carbocycles. The molecular formula is C18H23NO9. The number of carbonyl (C=O) groups is 1. The Kier molecular flexibility index (Phi) is 6.30. The van der Waals surface area contributed by atoms with Gasteiger partial charge in [0, 0.05) is 24.1 Å². The van der Waals surface area contributed by atoms with Gasteiger partial charge in [-0.15, -0.1) is 0 Å². The molecule has 0 spiro atoms. The van der Waals surface area contributed by atoms with Gasteiger partial charge >= 0.3 is 5.97 Å². The first-order valence-corrected chi connectivity index (χ1v) is 8.79. The molecule has 0 aliphatic carbocycles. The summed E-state index contributed by atoms with van der Waals surface area (Å²) in [5.41, 5.74) is 0.910. The molecule has 0 amide bonds. The molecule has 1 aliphatic heterocycles. The van der Waals surface area contributed by atoms with Crippen LogP contribution in [0.1, 0.15) is 12.1 Å². The van der Waals surface area contributed by atoms with Crippen molar-refractivity contribution in [2.75, 3.05) is 19.8 Å². The van der Waals surface area contributed by atoms with Gasteiger partial charge in [0.2, 0.25) is 5.79 Å². The van der Waals surface area contributed by atoms with Crippen LogP contribution in [0.3, 0.4) is 0 Å². The summed E-state index contributed by atoms with van der Waals surface area (Å²) in [5, 5.41) is 48.8. The van der Waals surface area contributed by atoms with Crippen molar-refractivity contribution in [3.63, 3.8) is 0 Å². The minimum absolute atomic E-state index is 0.0121. The van der Waals surface area contributed by atoms with Crippen LogP contribution in [0.15, 0.2) is 24.3 Å². The zero-order valence-corrected chi connectivity index (χ0v) is 14.9. The van der Waals surface area contributed by atoms with Crippen molar-refractivity contribution in [3.8, 4) is 5.75 Å². The molecule has 1 aromatic heterocycles. The fraction of sp³-hybridized carbons (Fsp3) is 0.500. The number of H-pyrrole nitrogens is 1. The van der Waals surface area contributed by atoms with Crippen LogP contribution in [-0.4, -0.2) is 80.4 Å². The molecule has 0 bridgehead atoms. The molecule has 1 fully saturated rings. The molecule has 1 aliphatic rings. The number of aromatic nitrogens is 1. The summed E-state index contributed by atoms with van der Waals surface area (Å²) in [5.74, 6) is -3.28. The normalized spacial score (nSPS) is 27.4. The minimum Gasteiger partial charge on any atom is -0.422 e. The first kappa shape index (κ1) is 20.7. The Morgan fingerprint density at radius 3 is 2.68 bits per heavy atom. The molecule has 10 heteroatoms. The van der Waals surface area contributed by atoms with Gasteiger partial charge < -0.3 is 44.7 Å². The van der Waals surface area contributed by atoms with Crippen LogP contribution in [0.5, 0.6) is 5.75 Å². The highest BCUT2D eigenvalue weighted by atomic mass is 16.7. The Hall–Kier alpha value is -2.05. The van der Waals surface area contributed by atoms with Crippen LogP contribution in [0.25, 0.3) is 10.9 Å². The first-order chi connectivity index (χ1) is 13.4. The van der Waals surface area contributed by atoms with E-state index in [4.69, 9.17) is 19.3 Å². The van der Waals surface area contributed by atoms with Crippen LogP contribution >= 0.6 is 0 Å². The van der Waals surface area contributed by atoms with Crippen molar-refractivity contribution in [1.82, 2.24) is 4.98 Å². The summed E-state index contributed by atoms with van der Waals surface area (Å²) >= 11 is 0. The number of carbonyl (C=O) groups excluding carboxylic acids is 1. The fourth-order valence-corrected chi connectivity index (χ4v) is 3.11. The number of aromatic amines is 1. The van der Waals surface area contributed by atoms with Crippen LogP contribution in [0.4, 0.5) is 0 Å². The summed E-state index contributed by atoms with van der Waals surface area (Å²) in [6.45, 7) is -1.56. The van der Waals surface area contributed by atoms with Crippen LogP contribution in [0, 0.1) is 0 Å². The van der Waals surface area contributed by atoms with E-state index in [2.05, 4.69) is 4.98 Å². The van der Waals surface area contributed by atoms with Gasteiger partial charge in [0.15, 0.2) is 11.9 Å². The van der Waals surface area contributed by atoms with Crippen LogP contribution < -0.4 is 4.74 Å². The Bertz CT molecular complexity index is 822. The fourth-order valence-electron chi connectivity index (χ4n) is 3.11. The van der Waals surface area contributed by atoms with E-state index < -0.39 is 43.3 Å². The number of fused-ring (bicyclic) bond motifs is 1. The van der Waals surface area contributed by atoms with Gasteiger partial charge in [-0.25, -0.2) is 4.79 Å². The number of aliphatic hydroxyl groups is 5. The second-order valence-corrected chi connectivity index (χ2v) is 6.46. The van der Waals surface area contributed by atoms with Crippen LogP contribution in [-0.2, 0) is 20.9 Å². The van der Waals surface area contributed by atoms with E-state index in [-0.39, 0.29) is 31.1 Å². The lowest BCUT2D eigenvalue weighted by atomic mass is 10.1.